The Bertz CT molecular complexity index is 1620. The number of esters is 1. The van der Waals surface area contributed by atoms with Gasteiger partial charge in [0, 0.05) is 42.5 Å². The van der Waals surface area contributed by atoms with Crippen molar-refractivity contribution in [3.8, 4) is 0 Å². The van der Waals surface area contributed by atoms with Crippen molar-refractivity contribution < 1.29 is 23.5 Å². The van der Waals surface area contributed by atoms with Crippen LogP contribution in [0.2, 0.25) is 0 Å². The van der Waals surface area contributed by atoms with Crippen LogP contribution in [0.15, 0.2) is 72.8 Å². The highest BCUT2D eigenvalue weighted by molar-refractivity contribution is 6.08. The standard InChI is InChI=1S/C34H39FN6O4/c1-3-45-32(43)19-21-41(27-10-6-4-7-11-27)34(44)25-15-18-29-28(22-25)38-30(40(29)2)23-37-26-16-13-24(14-17-26)33(36)39-31(42)12-8-5-9-20-35/h4,6-7,10-11,13-18,22,37H,3,5,8-9,12,19-21,23H2,1-2H3,(H2,36,39,42)/i35-1. The summed E-state index contributed by atoms with van der Waals surface area (Å²) in [4.78, 5) is 44.1. The number of hydrogen-bond donors (Lipinski definition) is 3. The molecule has 0 aliphatic carbocycles. The molecule has 0 aliphatic rings. The van der Waals surface area contributed by atoms with E-state index in [1.54, 1.807) is 36.1 Å². The Morgan fingerprint density at radius 1 is 0.956 bits per heavy atom. The predicted octanol–water partition coefficient (Wildman–Crippen LogP) is 5.76. The third-order valence-corrected chi connectivity index (χ3v) is 7.30. The zero-order valence-electron chi connectivity index (χ0n) is 25.6. The summed E-state index contributed by atoms with van der Waals surface area (Å²) in [6.45, 7) is 2.25. The van der Waals surface area contributed by atoms with Gasteiger partial charge in [-0.2, -0.15) is 0 Å². The second kappa shape index (κ2) is 16.1. The number of alkyl halides is 1. The summed E-state index contributed by atoms with van der Waals surface area (Å²) in [7, 11) is 1.91. The predicted molar refractivity (Wildman–Crippen MR) is 173 cm³/mol. The molecule has 1 heterocycles. The van der Waals surface area contributed by atoms with Gasteiger partial charge < -0.3 is 24.8 Å². The number of hydrogen-bond acceptors (Lipinski definition) is 7. The van der Waals surface area contributed by atoms with E-state index in [2.05, 4.69) is 10.6 Å². The van der Waals surface area contributed by atoms with Gasteiger partial charge in [0.1, 0.15) is 11.7 Å². The number of imidazole rings is 1. The first-order chi connectivity index (χ1) is 21.8. The van der Waals surface area contributed by atoms with Crippen molar-refractivity contribution in [1.82, 2.24) is 14.9 Å². The minimum absolute atomic E-state index is 0.0180. The number of nitrogens with zero attached hydrogens (tertiary/aromatic N) is 3. The molecule has 0 fully saturated rings. The van der Waals surface area contributed by atoms with Gasteiger partial charge in [-0.15, -0.1) is 0 Å². The van der Waals surface area contributed by atoms with Crippen LogP contribution in [-0.2, 0) is 27.9 Å². The molecule has 0 radical (unpaired) electrons. The molecule has 236 valence electrons. The van der Waals surface area contributed by atoms with Gasteiger partial charge in [0.05, 0.1) is 37.3 Å². The lowest BCUT2D eigenvalue weighted by molar-refractivity contribution is -0.142. The molecule has 0 unspecified atom stereocenters. The van der Waals surface area contributed by atoms with Gasteiger partial charge in [-0.1, -0.05) is 24.6 Å². The third-order valence-electron chi connectivity index (χ3n) is 7.30. The maximum absolute atomic E-state index is 13.6. The normalized spacial score (nSPS) is 10.8. The van der Waals surface area contributed by atoms with E-state index >= 15 is 0 Å². The summed E-state index contributed by atoms with van der Waals surface area (Å²) in [6.07, 6.45) is 2.02. The van der Waals surface area contributed by atoms with Crippen molar-refractivity contribution in [2.24, 2.45) is 7.05 Å². The van der Waals surface area contributed by atoms with Crippen LogP contribution in [0.1, 0.15) is 60.8 Å². The molecule has 11 heteroatoms. The molecule has 2 amide bonds. The number of carbonyl (C=O) groups excluding carboxylic acids is 3. The van der Waals surface area contributed by atoms with Crippen molar-refractivity contribution in [2.75, 3.05) is 30.0 Å². The summed E-state index contributed by atoms with van der Waals surface area (Å²) in [5.41, 5.74) is 4.06. The lowest BCUT2D eigenvalue weighted by Crippen LogP contribution is -2.33. The smallest absolute Gasteiger partial charge is 0.307 e. The van der Waals surface area contributed by atoms with Crippen molar-refractivity contribution in [3.05, 3.63) is 89.7 Å². The van der Waals surface area contributed by atoms with Crippen LogP contribution < -0.4 is 15.5 Å². The topological polar surface area (TPSA) is 129 Å². The van der Waals surface area contributed by atoms with Crippen LogP contribution in [0.25, 0.3) is 11.0 Å². The van der Waals surface area contributed by atoms with E-state index in [4.69, 9.17) is 15.1 Å². The van der Waals surface area contributed by atoms with Crippen molar-refractivity contribution in [1.29, 1.82) is 5.41 Å². The molecule has 10 nitrogen and oxygen atoms in total. The molecule has 4 aromatic rings. The van der Waals surface area contributed by atoms with E-state index < -0.39 is 0 Å². The van der Waals surface area contributed by atoms with Crippen LogP contribution in [0, 0.1) is 5.41 Å². The van der Waals surface area contributed by atoms with Gasteiger partial charge in [0.2, 0.25) is 5.91 Å². The molecule has 3 N–H and O–H groups in total. The first-order valence-corrected chi connectivity index (χ1v) is 15.1. The minimum Gasteiger partial charge on any atom is -0.466 e. The number of halogens is 1. The average Bonchev–Trinajstić information content (AvgIpc) is 3.37. The van der Waals surface area contributed by atoms with E-state index in [9.17, 15) is 18.8 Å². The highest BCUT2D eigenvalue weighted by atomic mass is 18.2. The van der Waals surface area contributed by atoms with E-state index in [1.807, 2.05) is 60.1 Å². The van der Waals surface area contributed by atoms with Gasteiger partial charge in [-0.05, 0) is 74.4 Å². The molecule has 0 atom stereocenters. The molecule has 0 saturated heterocycles. The van der Waals surface area contributed by atoms with Gasteiger partial charge in [0.25, 0.3) is 5.91 Å². The average molecular weight is 614 g/mol. The Hall–Kier alpha value is -5.06. The largest absolute Gasteiger partial charge is 0.466 e. The lowest BCUT2D eigenvalue weighted by atomic mass is 10.1. The van der Waals surface area contributed by atoms with Gasteiger partial charge in [-0.3, -0.25) is 24.2 Å². The summed E-state index contributed by atoms with van der Waals surface area (Å²) < 4.78 is 19.2. The Kier molecular flexibility index (Phi) is 11.8. The molecule has 0 saturated carbocycles. The molecule has 0 bridgehead atoms. The number of para-hydroxylation sites is 1. The number of fused-ring (bicyclic) bond motifs is 1. The second-order valence-corrected chi connectivity index (χ2v) is 10.5. The second-order valence-electron chi connectivity index (χ2n) is 10.5. The molecular weight excluding hydrogens is 574 g/mol. The molecule has 0 aliphatic heterocycles. The van der Waals surface area contributed by atoms with E-state index in [0.29, 0.717) is 48.1 Å². The fraction of sp³-hybridized carbons (Fsp3) is 0.324. The lowest BCUT2D eigenvalue weighted by Gasteiger charge is -2.22. The Morgan fingerprint density at radius 3 is 2.40 bits per heavy atom. The van der Waals surface area contributed by atoms with Crippen LogP contribution in [-0.4, -0.2) is 53.0 Å². The number of rotatable bonds is 15. The SMILES string of the molecule is CCOC(=O)CCN(C(=O)c1ccc2c(c1)nc(CNc1ccc(C(=N)NC(=O)CCCCC[18F])cc1)n2C)c1ccccc1. The van der Waals surface area contributed by atoms with Crippen molar-refractivity contribution in [2.45, 2.75) is 45.6 Å². The molecule has 1 aromatic heterocycles. The number of aryl methyl sites for hydroxylation is 1. The molecular formula is C34H39FN6O4. The van der Waals surface area contributed by atoms with Crippen LogP contribution in [0.4, 0.5) is 15.8 Å². The highest BCUT2D eigenvalue weighted by Gasteiger charge is 2.21. The Balaban J connectivity index is 1.40. The number of amidine groups is 1. The Labute approximate surface area is 262 Å². The number of amides is 2. The van der Waals surface area contributed by atoms with Gasteiger partial charge >= 0.3 is 5.97 Å². The third kappa shape index (κ3) is 8.98. The summed E-state index contributed by atoms with van der Waals surface area (Å²) in [5, 5.41) is 14.1. The maximum atomic E-state index is 13.6. The maximum Gasteiger partial charge on any atom is 0.307 e. The molecule has 45 heavy (non-hydrogen) atoms. The van der Waals surface area contributed by atoms with E-state index in [1.165, 1.54) is 0 Å². The molecule has 4 rings (SSSR count). The van der Waals surface area contributed by atoms with Crippen LogP contribution in [0.3, 0.4) is 0 Å². The van der Waals surface area contributed by atoms with Crippen molar-refractivity contribution in [3.63, 3.8) is 0 Å². The monoisotopic (exact) mass is 613 g/mol. The van der Waals surface area contributed by atoms with E-state index in [-0.39, 0.29) is 56.3 Å². The first-order valence-electron chi connectivity index (χ1n) is 15.1. The number of aromatic nitrogens is 2. The number of benzene rings is 3. The zero-order valence-corrected chi connectivity index (χ0v) is 25.6. The number of ether oxygens (including phenoxy) is 1. The van der Waals surface area contributed by atoms with Crippen molar-refractivity contribution >= 4 is 46.0 Å². The number of unbranched alkanes of at least 4 members (excludes halogenated alkanes) is 2. The van der Waals surface area contributed by atoms with E-state index in [0.717, 1.165) is 17.0 Å². The first kappa shape index (κ1) is 32.8. The number of carbonyl (C=O) groups is 3. The number of anilines is 2. The number of nitrogens with one attached hydrogen (secondary N) is 3. The van der Waals surface area contributed by atoms with Gasteiger partial charge in [-0.25, -0.2) is 4.98 Å². The zero-order chi connectivity index (χ0) is 32.2. The fourth-order valence-corrected chi connectivity index (χ4v) is 4.86. The van der Waals surface area contributed by atoms with Gasteiger partial charge in [0.15, 0.2) is 0 Å². The van der Waals surface area contributed by atoms with Crippen LogP contribution in [0.5, 0.6) is 0 Å². The fourth-order valence-electron chi connectivity index (χ4n) is 4.86. The van der Waals surface area contributed by atoms with Crippen LogP contribution >= 0.6 is 0 Å². The molecule has 3 aromatic carbocycles. The highest BCUT2D eigenvalue weighted by Crippen LogP contribution is 2.22. The summed E-state index contributed by atoms with van der Waals surface area (Å²) >= 11 is 0. The summed E-state index contributed by atoms with van der Waals surface area (Å²) in [6, 6.07) is 21.8. The quantitative estimate of drug-likeness (QED) is 0.0677. The Morgan fingerprint density at radius 2 is 1.69 bits per heavy atom. The minimum atomic E-state index is -0.384. The summed E-state index contributed by atoms with van der Waals surface area (Å²) in [5.74, 6) is -0.0762. The molecule has 0 spiro atoms.